The maximum Gasteiger partial charge on any atom is 0.340 e. The van der Waals surface area contributed by atoms with Gasteiger partial charge in [0.1, 0.15) is 6.61 Å². The lowest BCUT2D eigenvalue weighted by Gasteiger charge is -2.02. The van der Waals surface area contributed by atoms with E-state index in [0.717, 1.165) is 11.1 Å². The van der Waals surface area contributed by atoms with Gasteiger partial charge in [0.05, 0.1) is 11.3 Å². The first-order valence-corrected chi connectivity index (χ1v) is 5.54. The zero-order chi connectivity index (χ0) is 11.8. The molecule has 4 heteroatoms. The Labute approximate surface area is 103 Å². The van der Waals surface area contributed by atoms with Crippen LogP contribution in [0.1, 0.15) is 16.1 Å². The minimum atomic E-state index is -0.309. The molecule has 1 aromatic heterocycles. The van der Waals surface area contributed by atoms with E-state index < -0.39 is 0 Å². The third-order valence-corrected chi connectivity index (χ3v) is 2.92. The van der Waals surface area contributed by atoms with Crippen LogP contribution in [0.2, 0.25) is 5.02 Å². The zero-order valence-corrected chi connectivity index (χ0v) is 9.57. The van der Waals surface area contributed by atoms with Crippen LogP contribution >= 0.6 is 11.6 Å². The van der Waals surface area contributed by atoms with Gasteiger partial charge in [-0.15, -0.1) is 0 Å². The Hall–Kier alpha value is -1.87. The third kappa shape index (κ3) is 1.78. The Morgan fingerprint density at radius 1 is 1.24 bits per heavy atom. The van der Waals surface area contributed by atoms with Crippen LogP contribution in [0.25, 0.3) is 11.1 Å². The summed E-state index contributed by atoms with van der Waals surface area (Å²) in [6.07, 6.45) is 1.73. The maximum absolute atomic E-state index is 11.4. The van der Waals surface area contributed by atoms with Gasteiger partial charge in [-0.25, -0.2) is 4.79 Å². The highest BCUT2D eigenvalue weighted by Gasteiger charge is 2.22. The van der Waals surface area contributed by atoms with Gasteiger partial charge in [-0.05, 0) is 23.8 Å². The summed E-state index contributed by atoms with van der Waals surface area (Å²) in [6.45, 7) is 0.268. The molecule has 3 rings (SSSR count). The number of fused-ring (bicyclic) bond motifs is 1. The summed E-state index contributed by atoms with van der Waals surface area (Å²) in [5, 5.41) is 0.658. The highest BCUT2D eigenvalue weighted by molar-refractivity contribution is 6.30. The number of pyridine rings is 1. The molecule has 1 aliphatic heterocycles. The summed E-state index contributed by atoms with van der Waals surface area (Å²) < 4.78 is 4.91. The first-order valence-electron chi connectivity index (χ1n) is 5.16. The van der Waals surface area contributed by atoms with E-state index in [0.29, 0.717) is 16.3 Å². The molecule has 0 atom stereocenters. The van der Waals surface area contributed by atoms with E-state index in [9.17, 15) is 4.79 Å². The molecule has 0 radical (unpaired) electrons. The lowest BCUT2D eigenvalue weighted by molar-refractivity contribution is 0.0533. The van der Waals surface area contributed by atoms with Crippen molar-refractivity contribution < 1.29 is 9.53 Å². The van der Waals surface area contributed by atoms with Crippen molar-refractivity contribution in [1.29, 1.82) is 0 Å². The van der Waals surface area contributed by atoms with Gasteiger partial charge in [0, 0.05) is 16.8 Å². The molecular weight excluding hydrogens is 238 g/mol. The second-order valence-electron chi connectivity index (χ2n) is 3.80. The average Bonchev–Trinajstić information content (AvgIpc) is 2.71. The summed E-state index contributed by atoms with van der Waals surface area (Å²) in [6, 6.07) is 9.23. The largest absolute Gasteiger partial charge is 0.456 e. The van der Waals surface area contributed by atoms with Crippen molar-refractivity contribution in [3.63, 3.8) is 0 Å². The van der Waals surface area contributed by atoms with Gasteiger partial charge in [0.2, 0.25) is 0 Å². The summed E-state index contributed by atoms with van der Waals surface area (Å²) in [5.41, 5.74) is 3.04. The number of carbonyl (C=O) groups excluding carboxylic acids is 1. The third-order valence-electron chi connectivity index (χ3n) is 2.69. The molecule has 17 heavy (non-hydrogen) atoms. The molecule has 0 fully saturated rings. The molecule has 0 saturated carbocycles. The number of benzene rings is 1. The Bertz CT molecular complexity index is 610. The molecule has 0 spiro atoms. The molecule has 0 aliphatic carbocycles. The molecule has 1 aromatic carbocycles. The number of halogens is 1. The number of hydrogen-bond donors (Lipinski definition) is 0. The number of carbonyl (C=O) groups is 1. The molecule has 0 amide bonds. The van der Waals surface area contributed by atoms with Gasteiger partial charge in [0.15, 0.2) is 0 Å². The summed E-state index contributed by atoms with van der Waals surface area (Å²) in [5.74, 6) is -0.309. The highest BCUT2D eigenvalue weighted by atomic mass is 35.5. The zero-order valence-electron chi connectivity index (χ0n) is 8.81. The monoisotopic (exact) mass is 245 g/mol. The molecule has 0 saturated heterocycles. The number of ether oxygens (including phenoxy) is 1. The van der Waals surface area contributed by atoms with E-state index in [4.69, 9.17) is 16.3 Å². The van der Waals surface area contributed by atoms with Crippen molar-refractivity contribution in [1.82, 2.24) is 4.98 Å². The van der Waals surface area contributed by atoms with Crippen molar-refractivity contribution >= 4 is 17.6 Å². The summed E-state index contributed by atoms with van der Waals surface area (Å²) >= 11 is 5.93. The molecule has 2 heterocycles. The fraction of sp³-hybridized carbons (Fsp3) is 0.0769. The van der Waals surface area contributed by atoms with Crippen LogP contribution in [0.4, 0.5) is 0 Å². The minimum absolute atomic E-state index is 0.268. The predicted octanol–water partition coefficient (Wildman–Crippen LogP) is 3.07. The molecule has 0 bridgehead atoms. The number of cyclic esters (lactones) is 1. The molecule has 1 aliphatic rings. The normalized spacial score (nSPS) is 13.4. The quantitative estimate of drug-likeness (QED) is 0.725. The van der Waals surface area contributed by atoms with Gasteiger partial charge < -0.3 is 4.74 Å². The molecule has 0 N–H and O–H groups in total. The highest BCUT2D eigenvalue weighted by Crippen LogP contribution is 2.26. The average molecular weight is 246 g/mol. The second-order valence-corrected chi connectivity index (χ2v) is 4.24. The Kier molecular flexibility index (Phi) is 2.34. The fourth-order valence-corrected chi connectivity index (χ4v) is 2.01. The van der Waals surface area contributed by atoms with Gasteiger partial charge in [-0.1, -0.05) is 23.7 Å². The van der Waals surface area contributed by atoms with Crippen LogP contribution in [0.5, 0.6) is 0 Å². The van der Waals surface area contributed by atoms with Crippen molar-refractivity contribution in [3.8, 4) is 11.1 Å². The van der Waals surface area contributed by atoms with Crippen LogP contribution in [-0.4, -0.2) is 11.0 Å². The smallest absolute Gasteiger partial charge is 0.340 e. The van der Waals surface area contributed by atoms with Crippen LogP contribution in [-0.2, 0) is 11.3 Å². The van der Waals surface area contributed by atoms with Crippen LogP contribution in [0, 0.1) is 0 Å². The van der Waals surface area contributed by atoms with E-state index in [-0.39, 0.29) is 12.6 Å². The molecular formula is C13H8ClNO2. The van der Waals surface area contributed by atoms with E-state index >= 15 is 0 Å². The Morgan fingerprint density at radius 3 is 2.94 bits per heavy atom. The van der Waals surface area contributed by atoms with Crippen molar-refractivity contribution in [2.24, 2.45) is 0 Å². The van der Waals surface area contributed by atoms with Crippen molar-refractivity contribution in [2.45, 2.75) is 6.61 Å². The lowest BCUT2D eigenvalue weighted by Crippen LogP contribution is -1.95. The fourth-order valence-electron chi connectivity index (χ4n) is 1.82. The van der Waals surface area contributed by atoms with Crippen molar-refractivity contribution in [3.05, 3.63) is 52.8 Å². The number of nitrogens with zero attached hydrogens (tertiary/aromatic N) is 1. The van der Waals surface area contributed by atoms with Crippen LogP contribution in [0.3, 0.4) is 0 Å². The van der Waals surface area contributed by atoms with E-state index in [1.807, 2.05) is 18.2 Å². The maximum atomic E-state index is 11.4. The van der Waals surface area contributed by atoms with Crippen molar-refractivity contribution in [2.75, 3.05) is 0 Å². The van der Waals surface area contributed by atoms with Gasteiger partial charge in [-0.3, -0.25) is 4.98 Å². The first kappa shape index (κ1) is 10.3. The van der Waals surface area contributed by atoms with Gasteiger partial charge in [-0.2, -0.15) is 0 Å². The van der Waals surface area contributed by atoms with Gasteiger partial charge in [0.25, 0.3) is 0 Å². The summed E-state index contributed by atoms with van der Waals surface area (Å²) in [4.78, 5) is 15.7. The standard InChI is InChI=1S/C13H8ClNO2/c14-10-3-1-2-8(4-10)9-5-11-12(15-6-9)7-17-13(11)16/h1-6H,7H2. The SMILES string of the molecule is O=C1OCc2ncc(-c3cccc(Cl)c3)cc21. The van der Waals surface area contributed by atoms with E-state index in [1.165, 1.54) is 0 Å². The number of aromatic nitrogens is 1. The topological polar surface area (TPSA) is 39.2 Å². The number of rotatable bonds is 1. The second kappa shape index (κ2) is 3.86. The Balaban J connectivity index is 2.11. The van der Waals surface area contributed by atoms with Crippen LogP contribution in [0.15, 0.2) is 36.5 Å². The minimum Gasteiger partial charge on any atom is -0.456 e. The van der Waals surface area contributed by atoms with E-state index in [1.54, 1.807) is 18.3 Å². The lowest BCUT2D eigenvalue weighted by atomic mass is 10.1. The number of esters is 1. The molecule has 2 aromatic rings. The predicted molar refractivity (Wildman–Crippen MR) is 63.8 cm³/mol. The van der Waals surface area contributed by atoms with E-state index in [2.05, 4.69) is 4.98 Å². The summed E-state index contributed by atoms with van der Waals surface area (Å²) in [7, 11) is 0. The van der Waals surface area contributed by atoms with Crippen LogP contribution < -0.4 is 0 Å². The van der Waals surface area contributed by atoms with Gasteiger partial charge >= 0.3 is 5.97 Å². The number of hydrogen-bond acceptors (Lipinski definition) is 3. The molecule has 84 valence electrons. The molecule has 0 unspecified atom stereocenters. The first-order chi connectivity index (χ1) is 8.24. The Morgan fingerprint density at radius 2 is 2.12 bits per heavy atom. The molecule has 3 nitrogen and oxygen atoms in total.